The van der Waals surface area contributed by atoms with E-state index in [0.717, 1.165) is 28.6 Å². The molecule has 31 heavy (non-hydrogen) atoms. The van der Waals surface area contributed by atoms with Gasteiger partial charge >= 0.3 is 0 Å². The lowest BCUT2D eigenvalue weighted by Gasteiger charge is -2.15. The number of amides is 1. The van der Waals surface area contributed by atoms with Crippen LogP contribution in [0.5, 0.6) is 0 Å². The summed E-state index contributed by atoms with van der Waals surface area (Å²) in [6.45, 7) is 3.21. The average molecular weight is 474 g/mol. The molecule has 1 amide bonds. The predicted molar refractivity (Wildman–Crippen MR) is 123 cm³/mol. The van der Waals surface area contributed by atoms with E-state index in [4.69, 9.17) is 18.0 Å². The van der Waals surface area contributed by atoms with Crippen molar-refractivity contribution < 1.29 is 13.2 Å². The first-order valence-corrected chi connectivity index (χ1v) is 12.4. The second-order valence-electron chi connectivity index (χ2n) is 7.25. The molecule has 9 heteroatoms. The maximum Gasteiger partial charge on any atom is 0.279 e. The van der Waals surface area contributed by atoms with Crippen molar-refractivity contribution in [3.8, 4) is 12.3 Å². The Labute approximate surface area is 189 Å². The van der Waals surface area contributed by atoms with Gasteiger partial charge in [-0.2, -0.15) is 9.30 Å². The van der Waals surface area contributed by atoms with Crippen LogP contribution < -0.4 is 4.80 Å². The van der Waals surface area contributed by atoms with E-state index in [9.17, 15) is 13.2 Å². The Morgan fingerprint density at radius 3 is 2.52 bits per heavy atom. The van der Waals surface area contributed by atoms with Crippen LogP contribution >= 0.6 is 22.9 Å². The monoisotopic (exact) mass is 473 g/mol. The molecule has 2 heterocycles. The Kier molecular flexibility index (Phi) is 6.04. The second-order valence-corrected chi connectivity index (χ2v) is 10.6. The summed E-state index contributed by atoms with van der Waals surface area (Å²) in [5.41, 5.74) is 2.03. The molecule has 160 valence electrons. The Morgan fingerprint density at radius 1 is 1.19 bits per heavy atom. The highest BCUT2D eigenvalue weighted by atomic mass is 35.5. The molecule has 0 N–H and O–H groups in total. The minimum absolute atomic E-state index is 0.181. The number of sulfonamides is 1. The topological polar surface area (TPSA) is 71.7 Å². The molecule has 0 radical (unpaired) electrons. The highest BCUT2D eigenvalue weighted by Crippen LogP contribution is 2.27. The number of terminal acetylenes is 1. The predicted octanol–water partition coefficient (Wildman–Crippen LogP) is 3.82. The molecule has 6 nitrogen and oxygen atoms in total. The first-order chi connectivity index (χ1) is 14.8. The fourth-order valence-corrected chi connectivity index (χ4v) is 6.39. The summed E-state index contributed by atoms with van der Waals surface area (Å²) < 4.78 is 29.5. The molecule has 0 unspecified atom stereocenters. The molecule has 0 atom stereocenters. The van der Waals surface area contributed by atoms with Crippen molar-refractivity contribution in [2.24, 2.45) is 4.99 Å². The summed E-state index contributed by atoms with van der Waals surface area (Å²) in [7, 11) is -3.53. The van der Waals surface area contributed by atoms with Crippen LogP contribution in [0.4, 0.5) is 0 Å². The van der Waals surface area contributed by atoms with E-state index in [0.29, 0.717) is 28.5 Å². The quantitative estimate of drug-likeness (QED) is 0.541. The van der Waals surface area contributed by atoms with Gasteiger partial charge in [0.25, 0.3) is 5.91 Å². The van der Waals surface area contributed by atoms with Gasteiger partial charge < -0.3 is 4.57 Å². The Balaban J connectivity index is 1.71. The molecule has 1 fully saturated rings. The fourth-order valence-electron chi connectivity index (χ4n) is 3.64. The Morgan fingerprint density at radius 2 is 1.87 bits per heavy atom. The summed E-state index contributed by atoms with van der Waals surface area (Å²) in [5, 5.41) is 0.615. The third kappa shape index (κ3) is 4.06. The van der Waals surface area contributed by atoms with Crippen LogP contribution in [0.3, 0.4) is 0 Å². The molecule has 1 saturated heterocycles. The summed E-state index contributed by atoms with van der Waals surface area (Å²) in [5.74, 6) is 2.13. The van der Waals surface area contributed by atoms with E-state index in [1.807, 2.05) is 13.0 Å². The van der Waals surface area contributed by atoms with Crippen LogP contribution in [0.2, 0.25) is 5.02 Å². The first kappa shape index (κ1) is 21.8. The van der Waals surface area contributed by atoms with Gasteiger partial charge in [-0.1, -0.05) is 28.9 Å². The number of rotatable bonds is 4. The number of benzene rings is 2. The Bertz CT molecular complexity index is 1370. The van der Waals surface area contributed by atoms with Crippen LogP contribution in [-0.4, -0.2) is 36.3 Å². The number of halogens is 1. The van der Waals surface area contributed by atoms with Gasteiger partial charge in [0.2, 0.25) is 10.0 Å². The van der Waals surface area contributed by atoms with E-state index in [-0.39, 0.29) is 11.4 Å². The number of aromatic nitrogens is 1. The zero-order valence-electron chi connectivity index (χ0n) is 16.8. The Hall–Kier alpha value is -2.44. The zero-order chi connectivity index (χ0) is 22.2. The molecular formula is C22H20ClN3O3S2. The van der Waals surface area contributed by atoms with Gasteiger partial charge in [-0.15, -0.1) is 6.42 Å². The van der Waals surface area contributed by atoms with E-state index < -0.39 is 15.9 Å². The van der Waals surface area contributed by atoms with Crippen molar-refractivity contribution in [1.82, 2.24) is 8.87 Å². The molecule has 1 aromatic heterocycles. The van der Waals surface area contributed by atoms with Crippen LogP contribution in [0.15, 0.2) is 46.3 Å². The maximum absolute atomic E-state index is 12.8. The van der Waals surface area contributed by atoms with Crippen molar-refractivity contribution in [2.75, 3.05) is 13.1 Å². The van der Waals surface area contributed by atoms with Gasteiger partial charge in [0.15, 0.2) is 4.80 Å². The minimum Gasteiger partial charge on any atom is -0.304 e. The highest BCUT2D eigenvalue weighted by Gasteiger charge is 2.27. The van der Waals surface area contributed by atoms with E-state index >= 15 is 0 Å². The third-order valence-electron chi connectivity index (χ3n) is 5.28. The first-order valence-electron chi connectivity index (χ1n) is 9.74. The third-order valence-corrected chi connectivity index (χ3v) is 8.65. The summed E-state index contributed by atoms with van der Waals surface area (Å²) in [6.07, 6.45) is 7.27. The summed E-state index contributed by atoms with van der Waals surface area (Å²) >= 11 is 7.61. The SMILES string of the molecule is C#CCn1c(=NC(=O)c2ccc(S(=O)(=O)N3CCCC3)cc2)sc2ccc(Cl)c(C)c21. The smallest absolute Gasteiger partial charge is 0.279 e. The molecule has 1 aliphatic heterocycles. The molecule has 4 rings (SSSR count). The summed E-state index contributed by atoms with van der Waals surface area (Å²) in [4.78, 5) is 17.7. The van der Waals surface area contributed by atoms with E-state index in [2.05, 4.69) is 10.9 Å². The lowest BCUT2D eigenvalue weighted by Crippen LogP contribution is -2.27. The number of nitrogens with zero attached hydrogens (tertiary/aromatic N) is 3. The number of carbonyl (C=O) groups is 1. The molecule has 0 spiro atoms. The molecule has 2 aromatic carbocycles. The highest BCUT2D eigenvalue weighted by molar-refractivity contribution is 7.89. The maximum atomic E-state index is 12.8. The molecule has 1 aliphatic rings. The van der Waals surface area contributed by atoms with E-state index in [1.165, 1.54) is 39.9 Å². The number of thiazole rings is 1. The van der Waals surface area contributed by atoms with Crippen molar-refractivity contribution in [3.63, 3.8) is 0 Å². The van der Waals surface area contributed by atoms with Gasteiger partial charge in [0.1, 0.15) is 0 Å². The van der Waals surface area contributed by atoms with Gasteiger partial charge in [0, 0.05) is 23.7 Å². The van der Waals surface area contributed by atoms with Gasteiger partial charge in [-0.25, -0.2) is 8.42 Å². The van der Waals surface area contributed by atoms with Crippen molar-refractivity contribution in [2.45, 2.75) is 31.2 Å². The summed E-state index contributed by atoms with van der Waals surface area (Å²) in [6, 6.07) is 9.60. The van der Waals surface area contributed by atoms with Gasteiger partial charge in [-0.05, 0) is 61.7 Å². The van der Waals surface area contributed by atoms with Crippen LogP contribution in [0.1, 0.15) is 28.8 Å². The average Bonchev–Trinajstić information content (AvgIpc) is 3.41. The molecule has 3 aromatic rings. The number of fused-ring (bicyclic) bond motifs is 1. The normalized spacial score (nSPS) is 15.5. The standard InChI is InChI=1S/C22H20ClN3O3S2/c1-3-12-26-20-15(2)18(23)10-11-19(20)30-22(26)24-21(27)16-6-8-17(9-7-16)31(28,29)25-13-4-5-14-25/h1,6-11H,4-5,12-14H2,2H3. The molecule has 0 saturated carbocycles. The largest absolute Gasteiger partial charge is 0.304 e. The van der Waals surface area contributed by atoms with Gasteiger partial charge in [0.05, 0.1) is 21.7 Å². The van der Waals surface area contributed by atoms with Crippen LogP contribution in [-0.2, 0) is 16.6 Å². The number of aryl methyl sites for hydroxylation is 1. The van der Waals surface area contributed by atoms with Crippen LogP contribution in [0.25, 0.3) is 10.2 Å². The zero-order valence-corrected chi connectivity index (χ0v) is 19.2. The lowest BCUT2D eigenvalue weighted by molar-refractivity contribution is 0.0998. The van der Waals surface area contributed by atoms with Crippen molar-refractivity contribution in [1.29, 1.82) is 0 Å². The van der Waals surface area contributed by atoms with E-state index in [1.54, 1.807) is 10.6 Å². The molecule has 0 aliphatic carbocycles. The molecule has 0 bridgehead atoms. The van der Waals surface area contributed by atoms with Crippen LogP contribution in [0, 0.1) is 19.3 Å². The molecular weight excluding hydrogens is 454 g/mol. The fraction of sp³-hybridized carbons (Fsp3) is 0.273. The van der Waals surface area contributed by atoms with Gasteiger partial charge in [-0.3, -0.25) is 4.79 Å². The second kappa shape index (κ2) is 8.60. The number of hydrogen-bond donors (Lipinski definition) is 0. The van der Waals surface area contributed by atoms with Crippen molar-refractivity contribution >= 4 is 49.1 Å². The lowest BCUT2D eigenvalue weighted by atomic mass is 10.2. The minimum atomic E-state index is -3.53. The number of carbonyl (C=O) groups excluding carboxylic acids is 1. The number of hydrogen-bond acceptors (Lipinski definition) is 4. The van der Waals surface area contributed by atoms with Crippen molar-refractivity contribution in [3.05, 3.63) is 57.3 Å².